The lowest BCUT2D eigenvalue weighted by atomic mass is 10.4. The Kier molecular flexibility index (Phi) is 2.99. The molecule has 0 rings (SSSR count). The topological polar surface area (TPSA) is 17.1 Å². The van der Waals surface area contributed by atoms with Gasteiger partial charge in [0.1, 0.15) is 0 Å². The molecule has 8 heavy (non-hydrogen) atoms. The van der Waals surface area contributed by atoms with E-state index in [4.69, 9.17) is 0 Å². The maximum absolute atomic E-state index is 11.2. The zero-order chi connectivity index (χ0) is 6.57. The van der Waals surface area contributed by atoms with Gasteiger partial charge < -0.3 is 0 Å². The lowest BCUT2D eigenvalue weighted by Crippen LogP contribution is -1.85. The van der Waals surface area contributed by atoms with E-state index in [1.807, 2.05) is 0 Å². The molecule has 0 heterocycles. The van der Waals surface area contributed by atoms with Crippen molar-refractivity contribution in [3.8, 4) is 0 Å². The minimum absolute atomic E-state index is 0.356. The Labute approximate surface area is 46.0 Å². The van der Waals surface area contributed by atoms with Gasteiger partial charge in [0, 0.05) is 0 Å². The number of hydrogen-bond donors (Lipinski definition) is 0. The molecule has 0 aliphatic rings. The number of halogens is 2. The second-order valence-electron chi connectivity index (χ2n) is 1.30. The maximum atomic E-state index is 11.2. The molecule has 0 aliphatic carbocycles. The van der Waals surface area contributed by atoms with Crippen molar-refractivity contribution in [2.45, 2.75) is 13.3 Å². The number of ketones is 1. The Bertz CT molecular complexity index is 107. The van der Waals surface area contributed by atoms with E-state index in [1.165, 1.54) is 6.92 Å². The summed E-state index contributed by atoms with van der Waals surface area (Å²) in [4.78, 5) is 9.93. The molecule has 0 N–H and O–H groups in total. The van der Waals surface area contributed by atoms with Crippen LogP contribution >= 0.6 is 0 Å². The van der Waals surface area contributed by atoms with E-state index in [-0.39, 0.29) is 5.78 Å². The van der Waals surface area contributed by atoms with Gasteiger partial charge in [-0.15, -0.1) is 0 Å². The minimum atomic E-state index is -2.51. The fourth-order valence-electron chi connectivity index (χ4n) is 0.208. The van der Waals surface area contributed by atoms with Gasteiger partial charge in [-0.1, -0.05) is 0 Å². The summed E-state index contributed by atoms with van der Waals surface area (Å²) in [6.45, 7) is 1.22. The molecule has 0 aromatic rings. The SMILES string of the molecule is CC(=O)/C=C/C(F)F. The van der Waals surface area contributed by atoms with Gasteiger partial charge in [0.25, 0.3) is 6.43 Å². The lowest BCUT2D eigenvalue weighted by molar-refractivity contribution is -0.112. The van der Waals surface area contributed by atoms with E-state index < -0.39 is 6.43 Å². The number of alkyl halides is 2. The first kappa shape index (κ1) is 7.27. The molecule has 0 aliphatic heterocycles. The fourth-order valence-corrected chi connectivity index (χ4v) is 0.208. The van der Waals surface area contributed by atoms with Crippen molar-refractivity contribution in [1.82, 2.24) is 0 Å². The van der Waals surface area contributed by atoms with E-state index in [0.29, 0.717) is 6.08 Å². The summed E-state index contributed by atoms with van der Waals surface area (Å²) >= 11 is 0. The summed E-state index contributed by atoms with van der Waals surface area (Å²) in [6.07, 6.45) is -1.11. The number of carbonyl (C=O) groups excluding carboxylic acids is 1. The predicted molar refractivity (Wildman–Crippen MR) is 25.8 cm³/mol. The molecule has 0 saturated carbocycles. The fraction of sp³-hybridized carbons (Fsp3) is 0.400. The van der Waals surface area contributed by atoms with E-state index in [0.717, 1.165) is 6.08 Å². The maximum Gasteiger partial charge on any atom is 0.257 e. The average Bonchev–Trinajstić information content (AvgIpc) is 1.61. The van der Waals surface area contributed by atoms with Crippen molar-refractivity contribution in [1.29, 1.82) is 0 Å². The first-order valence-corrected chi connectivity index (χ1v) is 2.10. The summed E-state index contributed by atoms with van der Waals surface area (Å²) in [5.74, 6) is -0.356. The second kappa shape index (κ2) is 3.29. The molecular formula is C5H6F2O. The number of hydrogen-bond acceptors (Lipinski definition) is 1. The molecule has 0 fully saturated rings. The zero-order valence-electron chi connectivity index (χ0n) is 4.40. The number of rotatable bonds is 2. The van der Waals surface area contributed by atoms with Crippen LogP contribution in [0.2, 0.25) is 0 Å². The predicted octanol–water partition coefficient (Wildman–Crippen LogP) is 1.40. The smallest absolute Gasteiger partial charge is 0.257 e. The van der Waals surface area contributed by atoms with Gasteiger partial charge in [-0.25, -0.2) is 8.78 Å². The normalized spacial score (nSPS) is 11.0. The molecule has 3 heteroatoms. The van der Waals surface area contributed by atoms with Crippen LogP contribution in [0.1, 0.15) is 6.92 Å². The summed E-state index contributed by atoms with van der Waals surface area (Å²) < 4.78 is 22.3. The van der Waals surface area contributed by atoms with E-state index in [9.17, 15) is 13.6 Å². The molecule has 0 atom stereocenters. The van der Waals surface area contributed by atoms with Gasteiger partial charge >= 0.3 is 0 Å². The highest BCUT2D eigenvalue weighted by Crippen LogP contribution is 1.92. The Balaban J connectivity index is 3.50. The van der Waals surface area contributed by atoms with E-state index in [1.54, 1.807) is 0 Å². The molecule has 0 radical (unpaired) electrons. The third kappa shape index (κ3) is 5.27. The highest BCUT2D eigenvalue weighted by atomic mass is 19.3. The van der Waals surface area contributed by atoms with Gasteiger partial charge in [-0.2, -0.15) is 0 Å². The summed E-state index contributed by atoms with van der Waals surface area (Å²) in [7, 11) is 0. The van der Waals surface area contributed by atoms with Gasteiger partial charge in [-0.05, 0) is 19.1 Å². The molecule has 0 aromatic carbocycles. The van der Waals surface area contributed by atoms with Crippen molar-refractivity contribution in [3.05, 3.63) is 12.2 Å². The van der Waals surface area contributed by atoms with Crippen LogP contribution < -0.4 is 0 Å². The van der Waals surface area contributed by atoms with Crippen molar-refractivity contribution in [2.75, 3.05) is 0 Å². The largest absolute Gasteiger partial charge is 0.295 e. The molecule has 0 bridgehead atoms. The van der Waals surface area contributed by atoms with Crippen LogP contribution in [-0.4, -0.2) is 12.2 Å². The summed E-state index contributed by atoms with van der Waals surface area (Å²) in [6, 6.07) is 0. The summed E-state index contributed by atoms with van der Waals surface area (Å²) in [5, 5.41) is 0. The van der Waals surface area contributed by atoms with Crippen LogP contribution in [0.5, 0.6) is 0 Å². The van der Waals surface area contributed by atoms with Crippen LogP contribution in [0.4, 0.5) is 8.78 Å². The highest BCUT2D eigenvalue weighted by molar-refractivity contribution is 5.87. The number of allylic oxidation sites excluding steroid dienone is 2. The van der Waals surface area contributed by atoms with Gasteiger partial charge in [0.2, 0.25) is 0 Å². The van der Waals surface area contributed by atoms with Crippen molar-refractivity contribution in [3.63, 3.8) is 0 Å². The Morgan fingerprint density at radius 3 is 2.25 bits per heavy atom. The molecule has 0 unspecified atom stereocenters. The number of carbonyl (C=O) groups is 1. The second-order valence-corrected chi connectivity index (χ2v) is 1.30. The minimum Gasteiger partial charge on any atom is -0.295 e. The van der Waals surface area contributed by atoms with Crippen LogP contribution in [0, 0.1) is 0 Å². The highest BCUT2D eigenvalue weighted by Gasteiger charge is 1.92. The van der Waals surface area contributed by atoms with Gasteiger partial charge in [0.05, 0.1) is 0 Å². The van der Waals surface area contributed by atoms with Crippen molar-refractivity contribution < 1.29 is 13.6 Å². The van der Waals surface area contributed by atoms with Crippen LogP contribution in [0.25, 0.3) is 0 Å². The van der Waals surface area contributed by atoms with Crippen LogP contribution in [0.15, 0.2) is 12.2 Å². The average molecular weight is 120 g/mol. The Morgan fingerprint density at radius 2 is 2.12 bits per heavy atom. The van der Waals surface area contributed by atoms with Crippen molar-refractivity contribution >= 4 is 5.78 Å². The standard InChI is InChI=1S/C5H6F2O/c1-4(8)2-3-5(6)7/h2-3,5H,1H3/b3-2+. The molecule has 0 amide bonds. The van der Waals surface area contributed by atoms with Crippen LogP contribution in [0.3, 0.4) is 0 Å². The molecule has 0 saturated heterocycles. The first-order valence-electron chi connectivity index (χ1n) is 2.10. The lowest BCUT2D eigenvalue weighted by Gasteiger charge is -1.81. The van der Waals surface area contributed by atoms with Gasteiger partial charge in [0.15, 0.2) is 5.78 Å². The van der Waals surface area contributed by atoms with Crippen LogP contribution in [-0.2, 0) is 4.79 Å². The van der Waals surface area contributed by atoms with E-state index >= 15 is 0 Å². The molecule has 0 spiro atoms. The Hall–Kier alpha value is -0.730. The van der Waals surface area contributed by atoms with E-state index in [2.05, 4.69) is 0 Å². The first-order chi connectivity index (χ1) is 3.63. The van der Waals surface area contributed by atoms with Crippen molar-refractivity contribution in [2.24, 2.45) is 0 Å². The van der Waals surface area contributed by atoms with Gasteiger partial charge in [-0.3, -0.25) is 4.79 Å². The molecule has 1 nitrogen and oxygen atoms in total. The monoisotopic (exact) mass is 120 g/mol. The molecular weight excluding hydrogens is 114 g/mol. The quantitative estimate of drug-likeness (QED) is 0.503. The molecule has 0 aromatic heterocycles. The third-order valence-electron chi connectivity index (χ3n) is 0.476. The Morgan fingerprint density at radius 1 is 1.62 bits per heavy atom. The summed E-state index contributed by atoms with van der Waals surface area (Å²) in [5.41, 5.74) is 0. The third-order valence-corrected chi connectivity index (χ3v) is 0.476. The molecule has 46 valence electrons. The zero-order valence-corrected chi connectivity index (χ0v) is 4.40.